The zero-order valence-electron chi connectivity index (χ0n) is 33.7. The second-order valence-corrected chi connectivity index (χ2v) is 15.8. The lowest BCUT2D eigenvalue weighted by Crippen LogP contribution is -2.11. The van der Waals surface area contributed by atoms with Gasteiger partial charge in [-0.1, -0.05) is 84.9 Å². The van der Waals surface area contributed by atoms with Crippen LogP contribution in [0.2, 0.25) is 0 Å². The van der Waals surface area contributed by atoms with Crippen molar-refractivity contribution in [3.8, 4) is 50.8 Å². The highest BCUT2D eigenvalue weighted by Crippen LogP contribution is 2.45. The molecule has 10 aromatic rings. The number of nitrogens with zero attached hydrogens (tertiary/aromatic N) is 4. The standard InChI is InChI=1S/C52H29F9N4/c1-29-18-33(20-35(19-29)50(53,54)55)30-14-16-41-39-10-4-6-12-43(39)64(45(41)23-30)47-27-63-28-48(49(47)38-9-3-2-8-32(38)26-62)65-44-13-7-5-11-40(44)42-17-15-31(24-46(42)65)34-21-36(51(56,57)58)25-37(22-34)52(59,60)61/h2-25,27-28H,1H3. The smallest absolute Gasteiger partial charge is 0.307 e. The summed E-state index contributed by atoms with van der Waals surface area (Å²) in [4.78, 5) is 4.75. The number of aromatic nitrogens is 3. The molecule has 0 spiro atoms. The first-order chi connectivity index (χ1) is 31.0. The van der Waals surface area contributed by atoms with E-state index in [1.54, 1.807) is 73.9 Å². The van der Waals surface area contributed by atoms with Crippen molar-refractivity contribution in [2.45, 2.75) is 25.5 Å². The molecule has 0 unspecified atom stereocenters. The summed E-state index contributed by atoms with van der Waals surface area (Å²) in [5.41, 5.74) is 1.90. The van der Waals surface area contributed by atoms with Crippen LogP contribution in [0.1, 0.15) is 27.8 Å². The van der Waals surface area contributed by atoms with Gasteiger partial charge in [0, 0.05) is 32.7 Å². The number of hydrogen-bond donors (Lipinski definition) is 0. The van der Waals surface area contributed by atoms with Crippen LogP contribution >= 0.6 is 0 Å². The Morgan fingerprint density at radius 2 is 0.877 bits per heavy atom. The molecule has 13 heteroatoms. The number of alkyl halides is 9. The number of hydrogen-bond acceptors (Lipinski definition) is 2. The lowest BCUT2D eigenvalue weighted by Gasteiger charge is -2.20. The third-order valence-corrected chi connectivity index (χ3v) is 11.7. The quantitative estimate of drug-likeness (QED) is 0.162. The molecule has 4 nitrogen and oxygen atoms in total. The van der Waals surface area contributed by atoms with E-state index in [1.165, 1.54) is 6.07 Å². The number of benzene rings is 7. The molecule has 0 amide bonds. The van der Waals surface area contributed by atoms with Gasteiger partial charge in [0.05, 0.1) is 74.2 Å². The van der Waals surface area contributed by atoms with Gasteiger partial charge >= 0.3 is 18.5 Å². The third kappa shape index (κ3) is 7.02. The highest BCUT2D eigenvalue weighted by atomic mass is 19.4. The number of nitriles is 1. The largest absolute Gasteiger partial charge is 0.416 e. The Morgan fingerprint density at radius 1 is 0.446 bits per heavy atom. The van der Waals surface area contributed by atoms with E-state index in [0.29, 0.717) is 78.8 Å². The van der Waals surface area contributed by atoms with Crippen LogP contribution in [-0.2, 0) is 18.5 Å². The molecular weight excluding hydrogens is 852 g/mol. The van der Waals surface area contributed by atoms with Gasteiger partial charge in [-0.25, -0.2) is 0 Å². The molecule has 3 heterocycles. The van der Waals surface area contributed by atoms with Crippen molar-refractivity contribution in [2.75, 3.05) is 0 Å². The van der Waals surface area contributed by atoms with Crippen molar-refractivity contribution in [2.24, 2.45) is 0 Å². The fourth-order valence-corrected chi connectivity index (χ4v) is 8.91. The van der Waals surface area contributed by atoms with Crippen molar-refractivity contribution in [3.05, 3.63) is 186 Å². The van der Waals surface area contributed by atoms with E-state index in [0.717, 1.165) is 28.3 Å². The van der Waals surface area contributed by atoms with E-state index < -0.39 is 35.2 Å². The molecule has 0 aliphatic heterocycles. The predicted octanol–water partition coefficient (Wildman–Crippen LogP) is 15.5. The van der Waals surface area contributed by atoms with Crippen molar-refractivity contribution < 1.29 is 39.5 Å². The molecule has 0 N–H and O–H groups in total. The summed E-state index contributed by atoms with van der Waals surface area (Å²) in [7, 11) is 0. The van der Waals surface area contributed by atoms with Gasteiger partial charge in [-0.15, -0.1) is 0 Å². The maximum atomic E-state index is 14.1. The summed E-state index contributed by atoms with van der Waals surface area (Å²) < 4.78 is 130. The average molecular weight is 881 g/mol. The molecule has 0 aliphatic rings. The Kier molecular flexibility index (Phi) is 9.42. The summed E-state index contributed by atoms with van der Waals surface area (Å²) >= 11 is 0. The summed E-state index contributed by atoms with van der Waals surface area (Å²) in [6, 6.07) is 39.5. The summed E-state index contributed by atoms with van der Waals surface area (Å²) in [6.07, 6.45) is -11.5. The Balaban J connectivity index is 1.30. The zero-order valence-corrected chi connectivity index (χ0v) is 33.7. The van der Waals surface area contributed by atoms with Crippen molar-refractivity contribution >= 4 is 43.6 Å². The Morgan fingerprint density at radius 3 is 1.37 bits per heavy atom. The molecule has 0 bridgehead atoms. The minimum atomic E-state index is -5.07. The minimum absolute atomic E-state index is 0.0843. The maximum Gasteiger partial charge on any atom is 0.416 e. The first kappa shape index (κ1) is 41.2. The topological polar surface area (TPSA) is 46.5 Å². The van der Waals surface area contributed by atoms with Crippen molar-refractivity contribution in [3.63, 3.8) is 0 Å². The van der Waals surface area contributed by atoms with Crippen LogP contribution in [0.5, 0.6) is 0 Å². The fraction of sp³-hybridized carbons (Fsp3) is 0.0769. The Bertz CT molecular complexity index is 3570. The molecule has 0 saturated carbocycles. The molecule has 0 fully saturated rings. The second kappa shape index (κ2) is 14.9. The highest BCUT2D eigenvalue weighted by molar-refractivity contribution is 6.13. The first-order valence-corrected chi connectivity index (χ1v) is 20.0. The van der Waals surface area contributed by atoms with Crippen molar-refractivity contribution in [1.29, 1.82) is 5.26 Å². The molecule has 65 heavy (non-hydrogen) atoms. The van der Waals surface area contributed by atoms with E-state index in [1.807, 2.05) is 63.7 Å². The van der Waals surface area contributed by atoms with Crippen LogP contribution in [-0.4, -0.2) is 14.1 Å². The number of halogens is 9. The predicted molar refractivity (Wildman–Crippen MR) is 234 cm³/mol. The summed E-state index contributed by atoms with van der Waals surface area (Å²) in [5, 5.41) is 13.5. The molecule has 0 atom stereocenters. The monoisotopic (exact) mass is 880 g/mol. The molecule has 0 aliphatic carbocycles. The summed E-state index contributed by atoms with van der Waals surface area (Å²) in [5.74, 6) is 0. The van der Waals surface area contributed by atoms with Crippen molar-refractivity contribution in [1.82, 2.24) is 14.1 Å². The molecule has 3 aromatic heterocycles. The van der Waals surface area contributed by atoms with E-state index >= 15 is 0 Å². The lowest BCUT2D eigenvalue weighted by molar-refractivity contribution is -0.143. The van der Waals surface area contributed by atoms with E-state index in [-0.39, 0.29) is 22.8 Å². The van der Waals surface area contributed by atoms with E-state index in [4.69, 9.17) is 4.98 Å². The van der Waals surface area contributed by atoms with Gasteiger partial charge < -0.3 is 9.13 Å². The zero-order chi connectivity index (χ0) is 45.6. The second-order valence-electron chi connectivity index (χ2n) is 15.8. The molecular formula is C52H29F9N4. The summed E-state index contributed by atoms with van der Waals surface area (Å²) in [6.45, 7) is 1.60. The van der Waals surface area contributed by atoms with Gasteiger partial charge in [0.2, 0.25) is 0 Å². The van der Waals surface area contributed by atoms with E-state index in [9.17, 15) is 44.8 Å². The highest BCUT2D eigenvalue weighted by Gasteiger charge is 2.37. The van der Waals surface area contributed by atoms with Gasteiger partial charge in [0.1, 0.15) is 0 Å². The van der Waals surface area contributed by atoms with Crippen LogP contribution < -0.4 is 0 Å². The third-order valence-electron chi connectivity index (χ3n) is 11.7. The average Bonchev–Trinajstić information content (AvgIpc) is 3.79. The normalized spacial score (nSPS) is 12.4. The Hall–Kier alpha value is -7.85. The number of aryl methyl sites for hydroxylation is 1. The molecule has 320 valence electrons. The van der Waals surface area contributed by atoms with Gasteiger partial charge in [0.25, 0.3) is 0 Å². The van der Waals surface area contributed by atoms with Crippen LogP contribution in [0.15, 0.2) is 158 Å². The minimum Gasteiger partial charge on any atom is -0.307 e. The maximum absolute atomic E-state index is 14.1. The SMILES string of the molecule is Cc1cc(-c2ccc3c4ccccc4n(-c4cncc(-n5c6ccccc6c6ccc(-c7cc(C(F)(F)F)cc(C(F)(F)F)c7)cc65)c4-c4ccccc4C#N)c3c2)cc(C(F)(F)F)c1. The van der Waals surface area contributed by atoms with E-state index in [2.05, 4.69) is 6.07 Å². The first-order valence-electron chi connectivity index (χ1n) is 20.0. The fourth-order valence-electron chi connectivity index (χ4n) is 8.91. The number of rotatable bonds is 5. The van der Waals surface area contributed by atoms with Gasteiger partial charge in [0.15, 0.2) is 0 Å². The lowest BCUT2D eigenvalue weighted by atomic mass is 9.97. The number of fused-ring (bicyclic) bond motifs is 6. The van der Waals surface area contributed by atoms with Gasteiger partial charge in [-0.05, 0) is 95.4 Å². The van der Waals surface area contributed by atoms with Crippen LogP contribution in [0.4, 0.5) is 39.5 Å². The molecule has 10 rings (SSSR count). The molecule has 0 saturated heterocycles. The van der Waals surface area contributed by atoms with Gasteiger partial charge in [-0.2, -0.15) is 44.8 Å². The molecule has 7 aromatic carbocycles. The number of para-hydroxylation sites is 2. The van der Waals surface area contributed by atoms with Crippen LogP contribution in [0.25, 0.3) is 88.4 Å². The molecule has 0 radical (unpaired) electrons. The Labute approximate surface area is 363 Å². The van der Waals surface area contributed by atoms with Crippen LogP contribution in [0, 0.1) is 18.3 Å². The van der Waals surface area contributed by atoms with Crippen LogP contribution in [0.3, 0.4) is 0 Å². The van der Waals surface area contributed by atoms with Gasteiger partial charge in [-0.3, -0.25) is 4.98 Å². The number of pyridine rings is 1.